The maximum atomic E-state index is 5.84. The summed E-state index contributed by atoms with van der Waals surface area (Å²) in [6.07, 6.45) is 3.68. The van der Waals surface area contributed by atoms with Gasteiger partial charge in [-0.2, -0.15) is 0 Å². The molecule has 88 valence electrons. The van der Waals surface area contributed by atoms with E-state index in [4.69, 9.17) is 11.6 Å². The van der Waals surface area contributed by atoms with Gasteiger partial charge >= 0.3 is 0 Å². The van der Waals surface area contributed by atoms with Crippen LogP contribution in [0.15, 0.2) is 48.8 Å². The van der Waals surface area contributed by atoms with Crippen molar-refractivity contribution in [3.63, 3.8) is 0 Å². The fourth-order valence-electron chi connectivity index (χ4n) is 1.62. The van der Waals surface area contributed by atoms with E-state index in [0.29, 0.717) is 6.04 Å². The first-order valence-electron chi connectivity index (χ1n) is 5.63. The van der Waals surface area contributed by atoms with Gasteiger partial charge in [0.2, 0.25) is 0 Å². The van der Waals surface area contributed by atoms with E-state index in [1.165, 1.54) is 11.1 Å². The molecule has 0 saturated heterocycles. The normalized spacial score (nSPS) is 12.4. The van der Waals surface area contributed by atoms with Crippen molar-refractivity contribution < 1.29 is 0 Å². The maximum absolute atomic E-state index is 5.84. The Morgan fingerprint density at radius 3 is 2.65 bits per heavy atom. The molecule has 0 amide bonds. The second-order valence-electron chi connectivity index (χ2n) is 4.02. The molecule has 2 aromatic rings. The highest BCUT2D eigenvalue weighted by molar-refractivity contribution is 6.30. The van der Waals surface area contributed by atoms with E-state index in [2.05, 4.69) is 23.3 Å². The van der Waals surface area contributed by atoms with Gasteiger partial charge in [0.1, 0.15) is 0 Å². The molecule has 0 unspecified atom stereocenters. The molecule has 3 heteroatoms. The first-order chi connectivity index (χ1) is 8.25. The Balaban J connectivity index is 1.92. The third kappa shape index (κ3) is 3.55. The van der Waals surface area contributed by atoms with Crippen LogP contribution < -0.4 is 5.32 Å². The molecule has 1 aromatic heterocycles. The molecule has 1 aromatic carbocycles. The van der Waals surface area contributed by atoms with Gasteiger partial charge in [0.15, 0.2) is 0 Å². The topological polar surface area (TPSA) is 24.9 Å². The minimum absolute atomic E-state index is 0.291. The van der Waals surface area contributed by atoms with E-state index >= 15 is 0 Å². The summed E-state index contributed by atoms with van der Waals surface area (Å²) in [6.45, 7) is 2.96. The number of benzene rings is 1. The van der Waals surface area contributed by atoms with E-state index in [0.717, 1.165) is 11.6 Å². The Kier molecular flexibility index (Phi) is 4.13. The van der Waals surface area contributed by atoms with Gasteiger partial charge in [0, 0.05) is 30.0 Å². The zero-order valence-electron chi connectivity index (χ0n) is 9.73. The Labute approximate surface area is 107 Å². The van der Waals surface area contributed by atoms with Crippen molar-refractivity contribution in [1.29, 1.82) is 0 Å². The fourth-order valence-corrected chi connectivity index (χ4v) is 1.75. The lowest BCUT2D eigenvalue weighted by Gasteiger charge is -2.13. The van der Waals surface area contributed by atoms with Crippen LogP contribution in [-0.2, 0) is 6.54 Å². The lowest BCUT2D eigenvalue weighted by Crippen LogP contribution is -2.18. The van der Waals surface area contributed by atoms with Gasteiger partial charge in [-0.05, 0) is 36.2 Å². The second-order valence-corrected chi connectivity index (χ2v) is 4.45. The number of hydrogen-bond acceptors (Lipinski definition) is 2. The van der Waals surface area contributed by atoms with Gasteiger partial charge in [-0.1, -0.05) is 29.8 Å². The molecule has 0 bridgehead atoms. The van der Waals surface area contributed by atoms with E-state index in [1.807, 2.05) is 36.5 Å². The number of rotatable bonds is 4. The highest BCUT2D eigenvalue weighted by Crippen LogP contribution is 2.13. The van der Waals surface area contributed by atoms with Crippen molar-refractivity contribution in [3.8, 4) is 0 Å². The SMILES string of the molecule is C[C@H](NCc1ccc(Cl)cc1)c1cccnc1. The molecule has 0 saturated carbocycles. The van der Waals surface area contributed by atoms with Crippen molar-refractivity contribution in [1.82, 2.24) is 10.3 Å². The highest BCUT2D eigenvalue weighted by atomic mass is 35.5. The van der Waals surface area contributed by atoms with Crippen LogP contribution in [0.2, 0.25) is 5.02 Å². The zero-order valence-corrected chi connectivity index (χ0v) is 10.5. The number of hydrogen-bond donors (Lipinski definition) is 1. The van der Waals surface area contributed by atoms with Crippen LogP contribution in [0.25, 0.3) is 0 Å². The van der Waals surface area contributed by atoms with Gasteiger partial charge in [0.25, 0.3) is 0 Å². The molecule has 2 nitrogen and oxygen atoms in total. The van der Waals surface area contributed by atoms with E-state index in [9.17, 15) is 0 Å². The van der Waals surface area contributed by atoms with Crippen LogP contribution in [0.5, 0.6) is 0 Å². The Morgan fingerprint density at radius 1 is 1.24 bits per heavy atom. The minimum Gasteiger partial charge on any atom is -0.306 e. The summed E-state index contributed by atoms with van der Waals surface area (Å²) in [5, 5.41) is 4.22. The van der Waals surface area contributed by atoms with Crippen LogP contribution in [-0.4, -0.2) is 4.98 Å². The summed E-state index contributed by atoms with van der Waals surface area (Å²) in [5.74, 6) is 0. The smallest absolute Gasteiger partial charge is 0.0406 e. The molecule has 1 N–H and O–H groups in total. The average molecular weight is 247 g/mol. The average Bonchev–Trinajstić information content (AvgIpc) is 2.39. The summed E-state index contributed by atoms with van der Waals surface area (Å²) < 4.78 is 0. The highest BCUT2D eigenvalue weighted by Gasteiger charge is 2.04. The molecular formula is C14H15ClN2. The lowest BCUT2D eigenvalue weighted by molar-refractivity contribution is 0.573. The Hall–Kier alpha value is -1.38. The maximum Gasteiger partial charge on any atom is 0.0406 e. The third-order valence-electron chi connectivity index (χ3n) is 2.71. The minimum atomic E-state index is 0.291. The molecule has 17 heavy (non-hydrogen) atoms. The third-order valence-corrected chi connectivity index (χ3v) is 2.96. The summed E-state index contributed by atoms with van der Waals surface area (Å²) in [5.41, 5.74) is 2.42. The van der Waals surface area contributed by atoms with Crippen molar-refractivity contribution in [2.45, 2.75) is 19.5 Å². The van der Waals surface area contributed by atoms with E-state index in [-0.39, 0.29) is 0 Å². The van der Waals surface area contributed by atoms with E-state index in [1.54, 1.807) is 6.20 Å². The monoisotopic (exact) mass is 246 g/mol. The molecule has 0 radical (unpaired) electrons. The molecule has 1 heterocycles. The van der Waals surface area contributed by atoms with Gasteiger partial charge < -0.3 is 5.32 Å². The molecule has 2 rings (SSSR count). The zero-order chi connectivity index (χ0) is 12.1. The number of aromatic nitrogens is 1. The van der Waals surface area contributed by atoms with Crippen LogP contribution in [0.3, 0.4) is 0 Å². The van der Waals surface area contributed by atoms with Crippen LogP contribution >= 0.6 is 11.6 Å². The standard InChI is InChI=1S/C14H15ClN2/c1-11(13-3-2-8-16-10-13)17-9-12-4-6-14(15)7-5-12/h2-8,10-11,17H,9H2,1H3/t11-/m0/s1. The number of nitrogens with one attached hydrogen (secondary N) is 1. The summed E-state index contributed by atoms with van der Waals surface area (Å²) in [6, 6.07) is 12.2. The number of nitrogens with zero attached hydrogens (tertiary/aromatic N) is 1. The largest absolute Gasteiger partial charge is 0.306 e. The Bertz CT molecular complexity index is 453. The molecule has 0 fully saturated rings. The van der Waals surface area contributed by atoms with Crippen LogP contribution in [0.1, 0.15) is 24.1 Å². The van der Waals surface area contributed by atoms with E-state index < -0.39 is 0 Å². The number of pyridine rings is 1. The summed E-state index contributed by atoms with van der Waals surface area (Å²) >= 11 is 5.84. The lowest BCUT2D eigenvalue weighted by atomic mass is 10.1. The molecule has 0 aliphatic rings. The predicted octanol–water partition coefficient (Wildman–Crippen LogP) is 3.59. The van der Waals surface area contributed by atoms with Crippen LogP contribution in [0.4, 0.5) is 0 Å². The van der Waals surface area contributed by atoms with Crippen molar-refractivity contribution in [3.05, 3.63) is 64.9 Å². The quantitative estimate of drug-likeness (QED) is 0.892. The molecule has 1 atom stereocenters. The first-order valence-corrected chi connectivity index (χ1v) is 6.01. The van der Waals surface area contributed by atoms with Crippen molar-refractivity contribution in [2.75, 3.05) is 0 Å². The number of halogens is 1. The summed E-state index contributed by atoms with van der Waals surface area (Å²) in [4.78, 5) is 4.11. The van der Waals surface area contributed by atoms with Gasteiger partial charge in [0.05, 0.1) is 0 Å². The Morgan fingerprint density at radius 2 is 2.00 bits per heavy atom. The van der Waals surface area contributed by atoms with Gasteiger partial charge in [-0.3, -0.25) is 4.98 Å². The predicted molar refractivity (Wildman–Crippen MR) is 70.9 cm³/mol. The van der Waals surface area contributed by atoms with Crippen LogP contribution in [0, 0.1) is 0 Å². The fraction of sp³-hybridized carbons (Fsp3) is 0.214. The molecule has 0 spiro atoms. The van der Waals surface area contributed by atoms with Gasteiger partial charge in [-0.15, -0.1) is 0 Å². The van der Waals surface area contributed by atoms with Crippen molar-refractivity contribution >= 4 is 11.6 Å². The molecule has 0 aliphatic carbocycles. The molecule has 0 aliphatic heterocycles. The summed E-state index contributed by atoms with van der Waals surface area (Å²) in [7, 11) is 0. The second kappa shape index (κ2) is 5.80. The van der Waals surface area contributed by atoms with Crippen molar-refractivity contribution in [2.24, 2.45) is 0 Å². The van der Waals surface area contributed by atoms with Gasteiger partial charge in [-0.25, -0.2) is 0 Å². The first kappa shape index (κ1) is 12.1. The molecular weight excluding hydrogens is 232 g/mol.